The van der Waals surface area contributed by atoms with Crippen molar-refractivity contribution in [2.45, 2.75) is 30.3 Å². The highest BCUT2D eigenvalue weighted by Crippen LogP contribution is 2.13. The van der Waals surface area contributed by atoms with E-state index in [-0.39, 0.29) is 41.8 Å². The Bertz CT molecular complexity index is 558. The molecule has 2 N–H and O–H groups in total. The van der Waals surface area contributed by atoms with E-state index in [0.717, 1.165) is 32.1 Å². The summed E-state index contributed by atoms with van der Waals surface area (Å²) in [7, 11) is -3.30. The van der Waals surface area contributed by atoms with E-state index in [0.29, 0.717) is 5.69 Å². The van der Waals surface area contributed by atoms with Gasteiger partial charge in [-0.05, 0) is 31.5 Å². The predicted molar refractivity (Wildman–Crippen MR) is 86.1 cm³/mol. The van der Waals surface area contributed by atoms with Crippen LogP contribution < -0.4 is 10.6 Å². The topological polar surface area (TPSA) is 88.2 Å². The van der Waals surface area contributed by atoms with E-state index >= 15 is 0 Å². The van der Waals surface area contributed by atoms with E-state index in [2.05, 4.69) is 15.6 Å². The maximum Gasteiger partial charge on any atom is 0.241 e. The maximum atomic E-state index is 11.9. The van der Waals surface area contributed by atoms with E-state index in [9.17, 15) is 13.2 Å². The number of rotatable bonds is 3. The lowest BCUT2D eigenvalue weighted by Gasteiger charge is -2.22. The summed E-state index contributed by atoms with van der Waals surface area (Å²) >= 11 is 0. The molecule has 1 atom stereocenters. The van der Waals surface area contributed by atoms with Gasteiger partial charge in [-0.1, -0.05) is 6.42 Å². The van der Waals surface area contributed by atoms with Crippen LogP contribution in [0.1, 0.15) is 19.3 Å². The van der Waals surface area contributed by atoms with E-state index < -0.39 is 9.84 Å². The molecule has 120 valence electrons. The smallest absolute Gasteiger partial charge is 0.241 e. The van der Waals surface area contributed by atoms with E-state index in [4.69, 9.17) is 0 Å². The van der Waals surface area contributed by atoms with Crippen LogP contribution in [0.4, 0.5) is 5.69 Å². The summed E-state index contributed by atoms with van der Waals surface area (Å²) in [6, 6.07) is 2.76. The number of carbonyl (C=O) groups is 1. The molecule has 0 saturated carbocycles. The molecule has 1 aliphatic rings. The third-order valence-electron chi connectivity index (χ3n) is 3.01. The fourth-order valence-corrected chi connectivity index (χ4v) is 2.54. The van der Waals surface area contributed by atoms with Gasteiger partial charge >= 0.3 is 0 Å². The van der Waals surface area contributed by atoms with Crippen LogP contribution in [-0.4, -0.2) is 38.2 Å². The molecule has 1 saturated heterocycles. The molecule has 0 bridgehead atoms. The molecular weight excluding hydrogens is 337 g/mol. The van der Waals surface area contributed by atoms with Crippen LogP contribution in [0.3, 0.4) is 0 Å². The predicted octanol–water partition coefficient (Wildman–Crippen LogP) is 1.41. The number of nitrogens with one attached hydrogen (secondary N) is 2. The van der Waals surface area contributed by atoms with Gasteiger partial charge in [-0.2, -0.15) is 0 Å². The summed E-state index contributed by atoms with van der Waals surface area (Å²) in [6.45, 7) is 0.851. The Labute approximate surface area is 136 Å². The summed E-state index contributed by atoms with van der Waals surface area (Å²) in [6.07, 6.45) is 5.40. The molecule has 1 unspecified atom stereocenters. The van der Waals surface area contributed by atoms with Crippen molar-refractivity contribution in [3.05, 3.63) is 18.3 Å². The van der Waals surface area contributed by atoms with Gasteiger partial charge in [0.15, 0.2) is 14.9 Å². The van der Waals surface area contributed by atoms with Gasteiger partial charge in [0.05, 0.1) is 17.9 Å². The van der Waals surface area contributed by atoms with Crippen molar-refractivity contribution >= 4 is 46.2 Å². The third-order valence-corrected chi connectivity index (χ3v) is 4.01. The third kappa shape index (κ3) is 5.78. The first-order chi connectivity index (χ1) is 8.97. The van der Waals surface area contributed by atoms with Crippen LogP contribution in [-0.2, 0) is 14.6 Å². The van der Waals surface area contributed by atoms with E-state index in [1.807, 2.05) is 0 Å². The van der Waals surface area contributed by atoms with Crippen LogP contribution >= 0.6 is 24.8 Å². The SMILES string of the molecule is CS(=O)(=O)c1ccc(NC(=O)C2CCCCN2)cn1.Cl.Cl. The largest absolute Gasteiger partial charge is 0.323 e. The average molecular weight is 356 g/mol. The molecule has 0 spiro atoms. The lowest BCUT2D eigenvalue weighted by atomic mass is 10.0. The van der Waals surface area contributed by atoms with Crippen LogP contribution in [0.25, 0.3) is 0 Å². The molecule has 2 heterocycles. The molecule has 1 aromatic heterocycles. The Morgan fingerprint density at radius 2 is 2.05 bits per heavy atom. The molecule has 2 rings (SSSR count). The number of amides is 1. The molecule has 1 aliphatic heterocycles. The van der Waals surface area contributed by atoms with Crippen molar-refractivity contribution < 1.29 is 13.2 Å². The normalized spacial score (nSPS) is 18.0. The van der Waals surface area contributed by atoms with Crippen molar-refractivity contribution in [1.82, 2.24) is 10.3 Å². The fraction of sp³-hybridized carbons (Fsp3) is 0.500. The number of sulfone groups is 1. The monoisotopic (exact) mass is 355 g/mol. The zero-order valence-electron chi connectivity index (χ0n) is 11.5. The number of anilines is 1. The molecule has 1 aromatic rings. The minimum Gasteiger partial charge on any atom is -0.323 e. The molecule has 21 heavy (non-hydrogen) atoms. The van der Waals surface area contributed by atoms with Crippen LogP contribution in [0.15, 0.2) is 23.4 Å². The Morgan fingerprint density at radius 3 is 2.52 bits per heavy atom. The van der Waals surface area contributed by atoms with Crippen molar-refractivity contribution in [2.24, 2.45) is 0 Å². The maximum absolute atomic E-state index is 11.9. The molecular formula is C12H19Cl2N3O3S. The number of piperidine rings is 1. The number of hydrogen-bond donors (Lipinski definition) is 2. The van der Waals surface area contributed by atoms with Crippen molar-refractivity contribution in [3.8, 4) is 0 Å². The van der Waals surface area contributed by atoms with Crippen LogP contribution in [0.5, 0.6) is 0 Å². The lowest BCUT2D eigenvalue weighted by molar-refractivity contribution is -0.118. The first kappa shape index (κ1) is 20.1. The van der Waals surface area contributed by atoms with E-state index in [1.165, 1.54) is 12.3 Å². The second-order valence-corrected chi connectivity index (χ2v) is 6.61. The van der Waals surface area contributed by atoms with Crippen LogP contribution in [0.2, 0.25) is 0 Å². The van der Waals surface area contributed by atoms with Gasteiger partial charge in [0, 0.05) is 6.26 Å². The van der Waals surface area contributed by atoms with Gasteiger partial charge < -0.3 is 10.6 Å². The summed E-state index contributed by atoms with van der Waals surface area (Å²) in [5.41, 5.74) is 0.504. The number of pyridine rings is 1. The molecule has 0 aliphatic carbocycles. The average Bonchev–Trinajstić information content (AvgIpc) is 2.39. The lowest BCUT2D eigenvalue weighted by Crippen LogP contribution is -2.43. The summed E-state index contributed by atoms with van der Waals surface area (Å²) in [5.74, 6) is -0.103. The second-order valence-electron chi connectivity index (χ2n) is 4.65. The van der Waals surface area contributed by atoms with Crippen molar-refractivity contribution in [2.75, 3.05) is 18.1 Å². The van der Waals surface area contributed by atoms with Gasteiger partial charge in [0.25, 0.3) is 0 Å². The zero-order valence-corrected chi connectivity index (χ0v) is 14.0. The van der Waals surface area contributed by atoms with Crippen LogP contribution in [0, 0.1) is 0 Å². The first-order valence-corrected chi connectivity index (χ1v) is 8.06. The fourth-order valence-electron chi connectivity index (χ4n) is 1.98. The quantitative estimate of drug-likeness (QED) is 0.855. The van der Waals surface area contributed by atoms with Gasteiger partial charge in [-0.25, -0.2) is 13.4 Å². The number of hydrogen-bond acceptors (Lipinski definition) is 5. The highest BCUT2D eigenvalue weighted by molar-refractivity contribution is 7.90. The number of aromatic nitrogens is 1. The van der Waals surface area contributed by atoms with Gasteiger partial charge in [-0.3, -0.25) is 4.79 Å². The number of carbonyl (C=O) groups excluding carboxylic acids is 1. The van der Waals surface area contributed by atoms with E-state index in [1.54, 1.807) is 6.07 Å². The highest BCUT2D eigenvalue weighted by atomic mass is 35.5. The number of halogens is 2. The minimum absolute atomic E-state index is 0. The highest BCUT2D eigenvalue weighted by Gasteiger charge is 2.20. The zero-order chi connectivity index (χ0) is 13.9. The summed E-state index contributed by atoms with van der Waals surface area (Å²) in [4.78, 5) is 15.8. The standard InChI is InChI=1S/C12H17N3O3S.2ClH/c1-19(17,18)11-6-5-9(8-14-11)15-12(16)10-4-2-3-7-13-10;;/h5-6,8,10,13H,2-4,7H2,1H3,(H,15,16);2*1H. The number of nitrogens with zero attached hydrogens (tertiary/aromatic N) is 1. The summed E-state index contributed by atoms with van der Waals surface area (Å²) in [5, 5.41) is 5.88. The first-order valence-electron chi connectivity index (χ1n) is 6.17. The Kier molecular flexibility index (Phi) is 8.17. The minimum atomic E-state index is -3.30. The summed E-state index contributed by atoms with van der Waals surface area (Å²) < 4.78 is 22.5. The molecule has 0 radical (unpaired) electrons. The van der Waals surface area contributed by atoms with Gasteiger partial charge in [0.1, 0.15) is 0 Å². The molecule has 1 fully saturated rings. The molecule has 1 amide bonds. The molecule has 9 heteroatoms. The van der Waals surface area contributed by atoms with Crippen molar-refractivity contribution in [3.63, 3.8) is 0 Å². The Morgan fingerprint density at radius 1 is 1.33 bits per heavy atom. The van der Waals surface area contributed by atoms with Gasteiger partial charge in [-0.15, -0.1) is 24.8 Å². The van der Waals surface area contributed by atoms with Gasteiger partial charge in [0.2, 0.25) is 5.91 Å². The van der Waals surface area contributed by atoms with Crippen molar-refractivity contribution in [1.29, 1.82) is 0 Å². The Balaban J connectivity index is 0.00000200. The molecule has 6 nitrogen and oxygen atoms in total. The second kappa shape index (κ2) is 8.53. The Hall–Kier alpha value is -0.890. The molecule has 0 aromatic carbocycles.